The van der Waals surface area contributed by atoms with Crippen molar-refractivity contribution >= 4 is 40.3 Å². The van der Waals surface area contributed by atoms with Gasteiger partial charge in [0, 0.05) is 5.02 Å². The molecule has 0 bridgehead atoms. The first-order chi connectivity index (χ1) is 8.08. The average molecular weight is 267 g/mol. The lowest BCUT2D eigenvalue weighted by atomic mass is 10.1. The second-order valence-electron chi connectivity index (χ2n) is 3.79. The first-order valence-corrected chi connectivity index (χ1v) is 5.90. The van der Waals surface area contributed by atoms with Crippen molar-refractivity contribution in [3.8, 4) is 0 Å². The number of nitrogens with one attached hydrogen (secondary N) is 1. The van der Waals surface area contributed by atoms with Crippen molar-refractivity contribution in [2.24, 2.45) is 0 Å². The SMILES string of the molecule is Cc1cccc(Nc2cc(Cl)ccc2Cl)c1N. The standard InChI is InChI=1S/C13H12Cl2N2/c1-8-3-2-4-11(13(8)16)17-12-7-9(14)5-6-10(12)15/h2-7,17H,16H2,1H3. The molecule has 0 aliphatic carbocycles. The summed E-state index contributed by atoms with van der Waals surface area (Å²) in [5.41, 5.74) is 9.29. The van der Waals surface area contributed by atoms with E-state index in [1.54, 1.807) is 18.2 Å². The summed E-state index contributed by atoms with van der Waals surface area (Å²) >= 11 is 12.0. The second-order valence-corrected chi connectivity index (χ2v) is 4.63. The Labute approximate surface area is 110 Å². The molecule has 0 aliphatic rings. The Morgan fingerprint density at radius 3 is 2.59 bits per heavy atom. The lowest BCUT2D eigenvalue weighted by Crippen LogP contribution is -1.98. The van der Waals surface area contributed by atoms with E-state index in [4.69, 9.17) is 28.9 Å². The third kappa shape index (κ3) is 2.65. The molecule has 0 amide bonds. The zero-order chi connectivity index (χ0) is 12.4. The minimum Gasteiger partial charge on any atom is -0.397 e. The molecule has 0 saturated carbocycles. The minimum absolute atomic E-state index is 0.607. The van der Waals surface area contributed by atoms with Crippen molar-refractivity contribution in [2.75, 3.05) is 11.1 Å². The van der Waals surface area contributed by atoms with Gasteiger partial charge < -0.3 is 11.1 Å². The van der Waals surface area contributed by atoms with Crippen LogP contribution in [0, 0.1) is 6.92 Å². The second kappa shape index (κ2) is 4.86. The molecule has 0 unspecified atom stereocenters. The molecule has 2 aromatic rings. The molecular weight excluding hydrogens is 255 g/mol. The highest BCUT2D eigenvalue weighted by Crippen LogP contribution is 2.31. The number of hydrogen-bond acceptors (Lipinski definition) is 2. The molecule has 2 rings (SSSR count). The van der Waals surface area contributed by atoms with Gasteiger partial charge in [-0.25, -0.2) is 0 Å². The topological polar surface area (TPSA) is 38.0 Å². The molecule has 0 fully saturated rings. The van der Waals surface area contributed by atoms with Crippen LogP contribution in [0.15, 0.2) is 36.4 Å². The maximum Gasteiger partial charge on any atom is 0.0642 e. The van der Waals surface area contributed by atoms with Crippen molar-refractivity contribution in [3.05, 3.63) is 52.0 Å². The summed E-state index contributed by atoms with van der Waals surface area (Å²) in [6.07, 6.45) is 0. The maximum absolute atomic E-state index is 6.08. The minimum atomic E-state index is 0.607. The Balaban J connectivity index is 2.38. The van der Waals surface area contributed by atoms with Gasteiger partial charge >= 0.3 is 0 Å². The van der Waals surface area contributed by atoms with Gasteiger partial charge in [-0.15, -0.1) is 0 Å². The molecule has 0 atom stereocenters. The van der Waals surface area contributed by atoms with Crippen LogP contribution in [-0.2, 0) is 0 Å². The Hall–Kier alpha value is -1.38. The lowest BCUT2D eigenvalue weighted by molar-refractivity contribution is 1.45. The zero-order valence-corrected chi connectivity index (χ0v) is 10.8. The predicted molar refractivity (Wildman–Crippen MR) is 75.3 cm³/mol. The molecule has 0 aromatic heterocycles. The summed E-state index contributed by atoms with van der Waals surface area (Å²) in [7, 11) is 0. The van der Waals surface area contributed by atoms with Gasteiger partial charge in [0.25, 0.3) is 0 Å². The fourth-order valence-electron chi connectivity index (χ4n) is 1.53. The van der Waals surface area contributed by atoms with Crippen molar-refractivity contribution in [2.45, 2.75) is 6.92 Å². The molecule has 2 aromatic carbocycles. The van der Waals surface area contributed by atoms with Crippen LogP contribution >= 0.6 is 23.2 Å². The normalized spacial score (nSPS) is 10.3. The summed E-state index contributed by atoms with van der Waals surface area (Å²) in [4.78, 5) is 0. The van der Waals surface area contributed by atoms with E-state index in [1.165, 1.54) is 0 Å². The van der Waals surface area contributed by atoms with Crippen LogP contribution in [0.3, 0.4) is 0 Å². The monoisotopic (exact) mass is 266 g/mol. The molecule has 17 heavy (non-hydrogen) atoms. The zero-order valence-electron chi connectivity index (χ0n) is 9.30. The Kier molecular flexibility index (Phi) is 3.46. The van der Waals surface area contributed by atoms with Crippen molar-refractivity contribution in [3.63, 3.8) is 0 Å². The largest absolute Gasteiger partial charge is 0.397 e. The first kappa shape index (κ1) is 12.1. The molecular formula is C13H12Cl2N2. The molecule has 0 saturated heterocycles. The highest BCUT2D eigenvalue weighted by atomic mass is 35.5. The average Bonchev–Trinajstić information content (AvgIpc) is 2.30. The number of nitrogens with two attached hydrogens (primary N) is 1. The van der Waals surface area contributed by atoms with Crippen molar-refractivity contribution in [1.82, 2.24) is 0 Å². The molecule has 88 valence electrons. The van der Waals surface area contributed by atoms with Crippen molar-refractivity contribution < 1.29 is 0 Å². The Morgan fingerprint density at radius 1 is 1.06 bits per heavy atom. The van der Waals surface area contributed by atoms with E-state index >= 15 is 0 Å². The third-order valence-electron chi connectivity index (χ3n) is 2.52. The first-order valence-electron chi connectivity index (χ1n) is 5.15. The Morgan fingerprint density at radius 2 is 1.82 bits per heavy atom. The molecule has 0 aliphatic heterocycles. The van der Waals surface area contributed by atoms with Crippen LogP contribution in [-0.4, -0.2) is 0 Å². The fraction of sp³-hybridized carbons (Fsp3) is 0.0769. The van der Waals surface area contributed by atoms with Gasteiger partial charge in [0.05, 0.1) is 22.1 Å². The molecule has 2 nitrogen and oxygen atoms in total. The van der Waals surface area contributed by atoms with E-state index in [-0.39, 0.29) is 0 Å². The number of rotatable bonds is 2. The molecule has 0 spiro atoms. The fourth-order valence-corrected chi connectivity index (χ4v) is 1.86. The molecule has 0 radical (unpaired) electrons. The van der Waals surface area contributed by atoms with E-state index in [1.807, 2.05) is 25.1 Å². The van der Waals surface area contributed by atoms with Gasteiger partial charge in [0.1, 0.15) is 0 Å². The van der Waals surface area contributed by atoms with Crippen LogP contribution in [0.1, 0.15) is 5.56 Å². The van der Waals surface area contributed by atoms with Crippen LogP contribution in [0.25, 0.3) is 0 Å². The number of nitrogen functional groups attached to an aromatic ring is 1. The lowest BCUT2D eigenvalue weighted by Gasteiger charge is -2.12. The van der Waals surface area contributed by atoms with Gasteiger partial charge in [0.15, 0.2) is 0 Å². The van der Waals surface area contributed by atoms with E-state index in [0.29, 0.717) is 15.7 Å². The van der Waals surface area contributed by atoms with E-state index in [0.717, 1.165) is 16.9 Å². The number of benzene rings is 2. The molecule has 3 N–H and O–H groups in total. The maximum atomic E-state index is 6.08. The predicted octanol–water partition coefficient (Wildman–Crippen LogP) is 4.63. The van der Waals surface area contributed by atoms with E-state index in [2.05, 4.69) is 5.32 Å². The Bertz CT molecular complexity index is 553. The summed E-state index contributed by atoms with van der Waals surface area (Å²) in [5, 5.41) is 4.42. The van der Waals surface area contributed by atoms with Gasteiger partial charge in [-0.2, -0.15) is 0 Å². The summed E-state index contributed by atoms with van der Waals surface area (Å²) in [5.74, 6) is 0. The summed E-state index contributed by atoms with van der Waals surface area (Å²) < 4.78 is 0. The van der Waals surface area contributed by atoms with Crippen LogP contribution in [0.4, 0.5) is 17.1 Å². The van der Waals surface area contributed by atoms with Crippen molar-refractivity contribution in [1.29, 1.82) is 0 Å². The highest BCUT2D eigenvalue weighted by Gasteiger charge is 2.05. The summed E-state index contributed by atoms with van der Waals surface area (Å²) in [6, 6.07) is 11.1. The van der Waals surface area contributed by atoms with Crippen LogP contribution < -0.4 is 11.1 Å². The summed E-state index contributed by atoms with van der Waals surface area (Å²) in [6.45, 7) is 1.96. The highest BCUT2D eigenvalue weighted by molar-refractivity contribution is 6.35. The molecule has 4 heteroatoms. The van der Waals surface area contributed by atoms with E-state index in [9.17, 15) is 0 Å². The number of anilines is 3. The third-order valence-corrected chi connectivity index (χ3v) is 3.09. The van der Waals surface area contributed by atoms with Gasteiger partial charge in [-0.05, 0) is 36.8 Å². The van der Waals surface area contributed by atoms with Crippen LogP contribution in [0.5, 0.6) is 0 Å². The van der Waals surface area contributed by atoms with E-state index < -0.39 is 0 Å². The molecule has 0 heterocycles. The van der Waals surface area contributed by atoms with Gasteiger partial charge in [-0.1, -0.05) is 35.3 Å². The number of aryl methyl sites for hydroxylation is 1. The number of para-hydroxylation sites is 1. The van der Waals surface area contributed by atoms with Crippen LogP contribution in [0.2, 0.25) is 10.0 Å². The van der Waals surface area contributed by atoms with Gasteiger partial charge in [0.2, 0.25) is 0 Å². The quantitative estimate of drug-likeness (QED) is 0.778. The number of hydrogen-bond donors (Lipinski definition) is 2. The number of halogens is 2. The van der Waals surface area contributed by atoms with Gasteiger partial charge in [-0.3, -0.25) is 0 Å². The smallest absolute Gasteiger partial charge is 0.0642 e.